The van der Waals surface area contributed by atoms with Gasteiger partial charge in [-0.05, 0) is 17.5 Å². The van der Waals surface area contributed by atoms with Crippen molar-refractivity contribution in [2.24, 2.45) is 5.41 Å². The Kier molecular flexibility index (Phi) is 4.36. The predicted octanol–water partition coefficient (Wildman–Crippen LogP) is 3.21. The summed E-state index contributed by atoms with van der Waals surface area (Å²) in [7, 11) is 0. The smallest absolute Gasteiger partial charge is 0.122 e. The van der Waals surface area contributed by atoms with E-state index in [0.29, 0.717) is 12.5 Å². The first-order valence-corrected chi connectivity index (χ1v) is 5.79. The van der Waals surface area contributed by atoms with Crippen LogP contribution in [0.3, 0.4) is 0 Å². The van der Waals surface area contributed by atoms with Crippen molar-refractivity contribution in [1.82, 2.24) is 0 Å². The normalized spacial score (nSPS) is 11.9. The van der Waals surface area contributed by atoms with E-state index in [0.717, 1.165) is 5.75 Å². The predicted molar refractivity (Wildman–Crippen MR) is 66.9 cm³/mol. The van der Waals surface area contributed by atoms with E-state index in [1.165, 1.54) is 5.56 Å². The van der Waals surface area contributed by atoms with Crippen molar-refractivity contribution in [3.05, 3.63) is 29.8 Å². The number of benzene rings is 1. The van der Waals surface area contributed by atoms with E-state index in [1.54, 1.807) is 0 Å². The topological polar surface area (TPSA) is 29.5 Å². The van der Waals surface area contributed by atoms with E-state index < -0.39 is 0 Å². The lowest BCUT2D eigenvalue weighted by molar-refractivity contribution is 0.0969. The van der Waals surface area contributed by atoms with Crippen LogP contribution >= 0.6 is 0 Å². The second-order valence-electron chi connectivity index (χ2n) is 5.30. The van der Waals surface area contributed by atoms with Crippen LogP contribution in [0.5, 0.6) is 5.75 Å². The van der Waals surface area contributed by atoms with Gasteiger partial charge in [-0.2, -0.15) is 0 Å². The molecule has 0 amide bonds. The summed E-state index contributed by atoms with van der Waals surface area (Å²) < 4.78 is 5.79. The highest BCUT2D eigenvalue weighted by molar-refractivity contribution is 5.35. The first-order valence-electron chi connectivity index (χ1n) is 5.79. The minimum atomic E-state index is -0.190. The molecule has 0 aliphatic rings. The van der Waals surface area contributed by atoms with Crippen LogP contribution in [0.2, 0.25) is 0 Å². The van der Waals surface area contributed by atoms with E-state index in [1.807, 2.05) is 32.0 Å². The Labute approximate surface area is 98.3 Å². The van der Waals surface area contributed by atoms with Crippen LogP contribution in [0.25, 0.3) is 0 Å². The summed E-state index contributed by atoms with van der Waals surface area (Å²) >= 11 is 0. The Hall–Kier alpha value is -1.02. The molecule has 0 fully saturated rings. The second-order valence-corrected chi connectivity index (χ2v) is 5.30. The van der Waals surface area contributed by atoms with Gasteiger partial charge in [0.05, 0.1) is 13.2 Å². The number of rotatable bonds is 5. The van der Waals surface area contributed by atoms with Gasteiger partial charge in [-0.15, -0.1) is 0 Å². The quantitative estimate of drug-likeness (QED) is 0.829. The number of aliphatic hydroxyl groups is 1. The lowest BCUT2D eigenvalue weighted by Gasteiger charge is -2.23. The Morgan fingerprint density at radius 3 is 2.44 bits per heavy atom. The van der Waals surface area contributed by atoms with Crippen LogP contribution in [-0.4, -0.2) is 18.3 Å². The third kappa shape index (κ3) is 3.53. The molecule has 0 saturated carbocycles. The number of hydrogen-bond donors (Lipinski definition) is 1. The molecule has 0 saturated heterocycles. The molecule has 2 heteroatoms. The zero-order valence-corrected chi connectivity index (χ0v) is 10.7. The third-order valence-corrected chi connectivity index (χ3v) is 2.59. The highest BCUT2D eigenvalue weighted by Gasteiger charge is 2.18. The van der Waals surface area contributed by atoms with Crippen molar-refractivity contribution in [2.75, 3.05) is 13.2 Å². The van der Waals surface area contributed by atoms with Gasteiger partial charge in [0.1, 0.15) is 5.75 Å². The maximum absolute atomic E-state index is 9.17. The van der Waals surface area contributed by atoms with Gasteiger partial charge >= 0.3 is 0 Å². The van der Waals surface area contributed by atoms with Gasteiger partial charge in [0.2, 0.25) is 0 Å². The van der Waals surface area contributed by atoms with Gasteiger partial charge < -0.3 is 9.84 Å². The number of hydrogen-bond acceptors (Lipinski definition) is 2. The molecule has 16 heavy (non-hydrogen) atoms. The van der Waals surface area contributed by atoms with Crippen molar-refractivity contribution in [1.29, 1.82) is 0 Å². The van der Waals surface area contributed by atoms with Crippen LogP contribution in [0.15, 0.2) is 24.3 Å². The van der Waals surface area contributed by atoms with Gasteiger partial charge in [0.15, 0.2) is 0 Å². The van der Waals surface area contributed by atoms with Crippen LogP contribution in [0.1, 0.15) is 39.2 Å². The monoisotopic (exact) mass is 222 g/mol. The molecule has 0 atom stereocenters. The zero-order valence-electron chi connectivity index (χ0n) is 10.7. The van der Waals surface area contributed by atoms with Crippen molar-refractivity contribution in [2.45, 2.75) is 33.6 Å². The minimum Gasteiger partial charge on any atom is -0.493 e. The molecule has 1 aromatic rings. The van der Waals surface area contributed by atoms with Gasteiger partial charge in [0, 0.05) is 5.41 Å². The molecular weight excluding hydrogens is 200 g/mol. The van der Waals surface area contributed by atoms with Crippen LogP contribution < -0.4 is 4.74 Å². The van der Waals surface area contributed by atoms with Gasteiger partial charge in [-0.1, -0.05) is 45.9 Å². The summed E-state index contributed by atoms with van der Waals surface area (Å²) in [6.45, 7) is 8.96. The fourth-order valence-electron chi connectivity index (χ4n) is 1.41. The summed E-state index contributed by atoms with van der Waals surface area (Å²) in [4.78, 5) is 0. The lowest BCUT2D eigenvalue weighted by Crippen LogP contribution is -2.25. The van der Waals surface area contributed by atoms with E-state index in [-0.39, 0.29) is 12.0 Å². The fraction of sp³-hybridized carbons (Fsp3) is 0.571. The summed E-state index contributed by atoms with van der Waals surface area (Å²) in [5, 5.41) is 9.17. The second kappa shape index (κ2) is 5.35. The van der Waals surface area contributed by atoms with Gasteiger partial charge in [-0.3, -0.25) is 0 Å². The SMILES string of the molecule is CC(C)c1ccccc1OCC(C)(C)CO. The van der Waals surface area contributed by atoms with Crippen molar-refractivity contribution >= 4 is 0 Å². The van der Waals surface area contributed by atoms with Crippen molar-refractivity contribution in [3.8, 4) is 5.75 Å². The molecule has 0 aliphatic heterocycles. The maximum atomic E-state index is 9.17. The molecule has 0 spiro atoms. The first-order chi connectivity index (χ1) is 7.46. The Bertz CT molecular complexity index is 329. The Morgan fingerprint density at radius 2 is 1.88 bits per heavy atom. The highest BCUT2D eigenvalue weighted by Crippen LogP contribution is 2.27. The fourth-order valence-corrected chi connectivity index (χ4v) is 1.41. The average Bonchev–Trinajstić information content (AvgIpc) is 2.27. The van der Waals surface area contributed by atoms with Gasteiger partial charge in [-0.25, -0.2) is 0 Å². The molecule has 0 aromatic heterocycles. The molecular formula is C14H22O2. The van der Waals surface area contributed by atoms with Gasteiger partial charge in [0.25, 0.3) is 0 Å². The molecule has 0 aliphatic carbocycles. The maximum Gasteiger partial charge on any atom is 0.122 e. The third-order valence-electron chi connectivity index (χ3n) is 2.59. The molecule has 0 radical (unpaired) electrons. The summed E-state index contributed by atoms with van der Waals surface area (Å²) in [6.07, 6.45) is 0. The molecule has 2 nitrogen and oxygen atoms in total. The summed E-state index contributed by atoms with van der Waals surface area (Å²) in [5.41, 5.74) is 1.03. The Morgan fingerprint density at radius 1 is 1.25 bits per heavy atom. The van der Waals surface area contributed by atoms with Crippen molar-refractivity contribution < 1.29 is 9.84 Å². The van der Waals surface area contributed by atoms with E-state index in [2.05, 4.69) is 19.9 Å². The number of para-hydroxylation sites is 1. The molecule has 0 unspecified atom stereocenters. The first kappa shape index (κ1) is 13.0. The average molecular weight is 222 g/mol. The van der Waals surface area contributed by atoms with Crippen LogP contribution in [0, 0.1) is 5.41 Å². The lowest BCUT2D eigenvalue weighted by atomic mass is 9.96. The largest absolute Gasteiger partial charge is 0.493 e. The van der Waals surface area contributed by atoms with Crippen LogP contribution in [-0.2, 0) is 0 Å². The summed E-state index contributed by atoms with van der Waals surface area (Å²) in [6, 6.07) is 8.08. The Balaban J connectivity index is 2.74. The molecule has 90 valence electrons. The number of aliphatic hydroxyl groups excluding tert-OH is 1. The molecule has 0 bridgehead atoms. The van der Waals surface area contributed by atoms with E-state index in [9.17, 15) is 5.11 Å². The molecule has 1 aromatic carbocycles. The molecule has 1 rings (SSSR count). The highest BCUT2D eigenvalue weighted by atomic mass is 16.5. The molecule has 0 heterocycles. The standard InChI is InChI=1S/C14H22O2/c1-11(2)12-7-5-6-8-13(12)16-10-14(3,4)9-15/h5-8,11,15H,9-10H2,1-4H3. The van der Waals surface area contributed by atoms with E-state index >= 15 is 0 Å². The van der Waals surface area contributed by atoms with E-state index in [4.69, 9.17) is 4.74 Å². The zero-order chi connectivity index (χ0) is 12.2. The van der Waals surface area contributed by atoms with Crippen molar-refractivity contribution in [3.63, 3.8) is 0 Å². The van der Waals surface area contributed by atoms with Crippen LogP contribution in [0.4, 0.5) is 0 Å². The summed E-state index contributed by atoms with van der Waals surface area (Å²) in [5.74, 6) is 1.38. The minimum absolute atomic E-state index is 0.136. The number of ether oxygens (including phenoxy) is 1. The molecule has 1 N–H and O–H groups in total.